The Hall–Kier alpha value is -1.15. The average Bonchev–Trinajstić information content (AvgIpc) is 2.97. The van der Waals surface area contributed by atoms with Crippen molar-refractivity contribution in [1.29, 1.82) is 0 Å². The Balaban J connectivity index is 0.00000288. The van der Waals surface area contributed by atoms with E-state index in [9.17, 15) is 13.2 Å². The van der Waals surface area contributed by atoms with Gasteiger partial charge >= 0.3 is 5.97 Å². The van der Waals surface area contributed by atoms with Gasteiger partial charge in [-0.3, -0.25) is 0 Å². The second kappa shape index (κ2) is 8.80. The number of nitrogens with one attached hydrogen (secondary N) is 1. The molecule has 0 aliphatic carbocycles. The number of ether oxygens (including phenoxy) is 1. The fraction of sp³-hybridized carbons (Fsp3) is 0.562. The number of hydrogen-bond donors (Lipinski definition) is 1. The van der Waals surface area contributed by atoms with E-state index in [4.69, 9.17) is 4.74 Å². The van der Waals surface area contributed by atoms with E-state index in [1.54, 1.807) is 30.3 Å². The zero-order chi connectivity index (χ0) is 17.0. The molecule has 6 nitrogen and oxygen atoms in total. The van der Waals surface area contributed by atoms with Crippen LogP contribution in [0.4, 0.5) is 0 Å². The van der Waals surface area contributed by atoms with Gasteiger partial charge in [-0.25, -0.2) is 13.2 Å². The molecular weight excluding hydrogens is 352 g/mol. The van der Waals surface area contributed by atoms with Crippen LogP contribution < -0.4 is 5.32 Å². The largest absolute Gasteiger partial charge is 0.462 e. The van der Waals surface area contributed by atoms with Crippen LogP contribution in [0.25, 0.3) is 0 Å². The zero-order valence-electron chi connectivity index (χ0n) is 14.2. The van der Waals surface area contributed by atoms with Crippen LogP contribution in [-0.4, -0.2) is 51.5 Å². The molecule has 1 aromatic rings. The molecule has 1 atom stereocenters. The van der Waals surface area contributed by atoms with Gasteiger partial charge in [-0.2, -0.15) is 4.31 Å². The van der Waals surface area contributed by atoms with Crippen molar-refractivity contribution in [2.75, 3.05) is 26.7 Å². The number of rotatable bonds is 6. The normalized spacial score (nSPS) is 18.2. The number of sulfonamides is 1. The molecule has 136 valence electrons. The van der Waals surface area contributed by atoms with Gasteiger partial charge in [-0.15, -0.1) is 12.4 Å². The Morgan fingerprint density at radius 2 is 2.12 bits per heavy atom. The molecule has 24 heavy (non-hydrogen) atoms. The maximum Gasteiger partial charge on any atom is 0.338 e. The summed E-state index contributed by atoms with van der Waals surface area (Å²) >= 11 is 0. The molecule has 0 bridgehead atoms. The highest BCUT2D eigenvalue weighted by molar-refractivity contribution is 7.89. The minimum atomic E-state index is -3.63. The lowest BCUT2D eigenvalue weighted by atomic mass is 10.1. The van der Waals surface area contributed by atoms with Crippen molar-refractivity contribution in [2.45, 2.75) is 37.6 Å². The summed E-state index contributed by atoms with van der Waals surface area (Å²) in [7, 11) is -1.81. The first kappa shape index (κ1) is 20.9. The molecule has 1 aromatic carbocycles. The maximum atomic E-state index is 13.0. The number of hydrogen-bond acceptors (Lipinski definition) is 5. The Labute approximate surface area is 150 Å². The maximum absolute atomic E-state index is 13.0. The summed E-state index contributed by atoms with van der Waals surface area (Å²) in [5.74, 6) is -0.503. The van der Waals surface area contributed by atoms with E-state index in [0.29, 0.717) is 18.7 Å². The van der Waals surface area contributed by atoms with Crippen LogP contribution in [-0.2, 0) is 14.8 Å². The molecule has 8 heteroatoms. The number of likely N-dealkylation sites (N-methyl/N-ethyl adjacent to an activating group) is 1. The predicted molar refractivity (Wildman–Crippen MR) is 95.2 cm³/mol. The number of carbonyl (C=O) groups is 1. The van der Waals surface area contributed by atoms with Crippen LogP contribution in [0, 0.1) is 6.92 Å². The van der Waals surface area contributed by atoms with E-state index >= 15 is 0 Å². The molecule has 0 spiro atoms. The summed E-state index contributed by atoms with van der Waals surface area (Å²) in [6.45, 7) is 4.85. The molecule has 1 saturated heterocycles. The molecule has 2 rings (SSSR count). The van der Waals surface area contributed by atoms with E-state index in [1.165, 1.54) is 6.07 Å². The fourth-order valence-electron chi connectivity index (χ4n) is 2.91. The van der Waals surface area contributed by atoms with Gasteiger partial charge in [-0.05, 0) is 51.4 Å². The minimum absolute atomic E-state index is 0. The number of aryl methyl sites for hydroxylation is 1. The van der Waals surface area contributed by atoms with Crippen molar-refractivity contribution in [3.63, 3.8) is 0 Å². The second-order valence-corrected chi connectivity index (χ2v) is 7.53. The van der Waals surface area contributed by atoms with Crippen LogP contribution in [0.1, 0.15) is 35.7 Å². The lowest BCUT2D eigenvalue weighted by molar-refractivity contribution is 0.0526. The van der Waals surface area contributed by atoms with Crippen molar-refractivity contribution in [3.05, 3.63) is 29.3 Å². The van der Waals surface area contributed by atoms with E-state index in [0.717, 1.165) is 12.8 Å². The fourth-order valence-corrected chi connectivity index (χ4v) is 4.86. The summed E-state index contributed by atoms with van der Waals surface area (Å²) in [6, 6.07) is 4.64. The SMILES string of the molecule is CCOC(=O)c1ccc(C)c(S(=O)(=O)N2CCCC2CNC)c1.Cl. The predicted octanol–water partition coefficient (Wildman–Crippen LogP) is 1.97. The van der Waals surface area contributed by atoms with E-state index in [-0.39, 0.29) is 35.5 Å². The third kappa shape index (κ3) is 4.27. The first-order chi connectivity index (χ1) is 10.9. The van der Waals surface area contributed by atoms with Crippen molar-refractivity contribution in [3.8, 4) is 0 Å². The third-order valence-corrected chi connectivity index (χ3v) is 6.14. The standard InChI is InChI=1S/C16H24N2O4S.ClH/c1-4-22-16(19)13-8-7-12(2)15(10-13)23(20,21)18-9-5-6-14(18)11-17-3;/h7-8,10,14,17H,4-6,9,11H2,1-3H3;1H. The van der Waals surface area contributed by atoms with Gasteiger partial charge in [0.25, 0.3) is 0 Å². The third-order valence-electron chi connectivity index (χ3n) is 4.05. The van der Waals surface area contributed by atoms with Crippen LogP contribution in [0.2, 0.25) is 0 Å². The summed E-state index contributed by atoms with van der Waals surface area (Å²) in [5, 5.41) is 3.04. The Morgan fingerprint density at radius 3 is 2.75 bits per heavy atom. The van der Waals surface area contributed by atoms with Gasteiger partial charge in [0.1, 0.15) is 0 Å². The van der Waals surface area contributed by atoms with Gasteiger partial charge < -0.3 is 10.1 Å². The van der Waals surface area contributed by atoms with Crippen LogP contribution >= 0.6 is 12.4 Å². The monoisotopic (exact) mass is 376 g/mol. The summed E-state index contributed by atoms with van der Waals surface area (Å²) in [5.41, 5.74) is 0.897. The number of nitrogens with zero attached hydrogens (tertiary/aromatic N) is 1. The smallest absolute Gasteiger partial charge is 0.338 e. The zero-order valence-corrected chi connectivity index (χ0v) is 15.9. The molecule has 0 radical (unpaired) electrons. The van der Waals surface area contributed by atoms with Crippen LogP contribution in [0.3, 0.4) is 0 Å². The van der Waals surface area contributed by atoms with E-state index < -0.39 is 16.0 Å². The van der Waals surface area contributed by atoms with Crippen molar-refractivity contribution < 1.29 is 17.9 Å². The molecule has 1 aliphatic rings. The van der Waals surface area contributed by atoms with Gasteiger partial charge in [0.05, 0.1) is 17.1 Å². The molecule has 1 heterocycles. The molecule has 0 amide bonds. The summed E-state index contributed by atoms with van der Waals surface area (Å²) in [4.78, 5) is 12.1. The second-order valence-electron chi connectivity index (χ2n) is 5.67. The number of halogens is 1. The number of benzene rings is 1. The molecule has 1 unspecified atom stereocenters. The molecule has 1 aliphatic heterocycles. The first-order valence-corrected chi connectivity index (χ1v) is 9.30. The summed E-state index contributed by atoms with van der Waals surface area (Å²) in [6.07, 6.45) is 1.69. The molecule has 0 aromatic heterocycles. The summed E-state index contributed by atoms with van der Waals surface area (Å²) < 4.78 is 32.5. The minimum Gasteiger partial charge on any atom is -0.462 e. The number of esters is 1. The Kier molecular flexibility index (Phi) is 7.66. The van der Waals surface area contributed by atoms with Crippen LogP contribution in [0.15, 0.2) is 23.1 Å². The highest BCUT2D eigenvalue weighted by Gasteiger charge is 2.35. The molecule has 0 saturated carbocycles. The Bertz CT molecular complexity index is 679. The lowest BCUT2D eigenvalue weighted by Gasteiger charge is -2.24. The topological polar surface area (TPSA) is 75.7 Å². The van der Waals surface area contributed by atoms with Crippen molar-refractivity contribution >= 4 is 28.4 Å². The van der Waals surface area contributed by atoms with Crippen molar-refractivity contribution in [2.24, 2.45) is 0 Å². The molecule has 1 fully saturated rings. The molecule has 1 N–H and O–H groups in total. The van der Waals surface area contributed by atoms with Gasteiger partial charge in [0.15, 0.2) is 0 Å². The van der Waals surface area contributed by atoms with Crippen LogP contribution in [0.5, 0.6) is 0 Å². The van der Waals surface area contributed by atoms with E-state index in [2.05, 4.69) is 5.32 Å². The highest BCUT2D eigenvalue weighted by Crippen LogP contribution is 2.28. The number of carbonyl (C=O) groups excluding carboxylic acids is 1. The average molecular weight is 377 g/mol. The van der Waals surface area contributed by atoms with Gasteiger partial charge in [0.2, 0.25) is 10.0 Å². The van der Waals surface area contributed by atoms with Crippen molar-refractivity contribution in [1.82, 2.24) is 9.62 Å². The Morgan fingerprint density at radius 1 is 1.42 bits per heavy atom. The quantitative estimate of drug-likeness (QED) is 0.768. The van der Waals surface area contributed by atoms with Gasteiger partial charge in [-0.1, -0.05) is 6.07 Å². The molecular formula is C16H25ClN2O4S. The van der Waals surface area contributed by atoms with Gasteiger partial charge in [0, 0.05) is 19.1 Å². The first-order valence-electron chi connectivity index (χ1n) is 7.86. The lowest BCUT2D eigenvalue weighted by Crippen LogP contribution is -2.41. The van der Waals surface area contributed by atoms with E-state index in [1.807, 2.05) is 7.05 Å². The highest BCUT2D eigenvalue weighted by atomic mass is 35.5.